The fourth-order valence-corrected chi connectivity index (χ4v) is 2.55. The lowest BCUT2D eigenvalue weighted by molar-refractivity contribution is 0.0709. The summed E-state index contributed by atoms with van der Waals surface area (Å²) in [6.07, 6.45) is 3.75. The molecule has 2 atom stereocenters. The molecule has 0 spiro atoms. The van der Waals surface area contributed by atoms with Gasteiger partial charge in [-0.25, -0.2) is 9.07 Å². The van der Waals surface area contributed by atoms with Crippen LogP contribution in [0.3, 0.4) is 0 Å². The smallest absolute Gasteiger partial charge is 0.272 e. The summed E-state index contributed by atoms with van der Waals surface area (Å²) in [7, 11) is 0. The highest BCUT2D eigenvalue weighted by Crippen LogP contribution is 2.16. The molecule has 5 nitrogen and oxygen atoms in total. The Balaban J connectivity index is 1.67. The van der Waals surface area contributed by atoms with E-state index in [4.69, 9.17) is 4.74 Å². The Labute approximate surface area is 128 Å². The second-order valence-corrected chi connectivity index (χ2v) is 5.44. The number of rotatable bonds is 4. The molecule has 1 fully saturated rings. The van der Waals surface area contributed by atoms with Crippen LogP contribution in [-0.2, 0) is 4.74 Å². The minimum Gasteiger partial charge on any atom is -0.376 e. The maximum absolute atomic E-state index is 12.9. The van der Waals surface area contributed by atoms with E-state index >= 15 is 0 Å². The van der Waals surface area contributed by atoms with Gasteiger partial charge < -0.3 is 10.1 Å². The van der Waals surface area contributed by atoms with Gasteiger partial charge in [0.15, 0.2) is 5.69 Å². The van der Waals surface area contributed by atoms with Crippen LogP contribution in [0.15, 0.2) is 36.5 Å². The minimum atomic E-state index is -0.306. The summed E-state index contributed by atoms with van der Waals surface area (Å²) in [5.41, 5.74) is 1.03. The van der Waals surface area contributed by atoms with Crippen LogP contribution in [0.25, 0.3) is 5.69 Å². The van der Waals surface area contributed by atoms with Crippen molar-refractivity contribution < 1.29 is 13.9 Å². The van der Waals surface area contributed by atoms with Crippen molar-refractivity contribution in [1.82, 2.24) is 15.1 Å². The zero-order valence-corrected chi connectivity index (χ0v) is 12.3. The number of amides is 1. The molecule has 1 amide bonds. The Bertz CT molecular complexity index is 648. The third-order valence-corrected chi connectivity index (χ3v) is 3.79. The maximum Gasteiger partial charge on any atom is 0.272 e. The Hall–Kier alpha value is -2.21. The number of aromatic nitrogens is 2. The lowest BCUT2D eigenvalue weighted by atomic mass is 10.1. The fraction of sp³-hybridized carbons (Fsp3) is 0.375. The Morgan fingerprint density at radius 2 is 2.18 bits per heavy atom. The molecule has 0 saturated carbocycles. The molecule has 1 aromatic heterocycles. The van der Waals surface area contributed by atoms with Crippen LogP contribution >= 0.6 is 0 Å². The summed E-state index contributed by atoms with van der Waals surface area (Å²) in [6.45, 7) is 2.69. The van der Waals surface area contributed by atoms with E-state index in [-0.39, 0.29) is 23.9 Å². The van der Waals surface area contributed by atoms with Crippen LogP contribution in [0.1, 0.15) is 30.3 Å². The summed E-state index contributed by atoms with van der Waals surface area (Å²) in [6, 6.07) is 7.52. The van der Waals surface area contributed by atoms with Crippen molar-refractivity contribution in [3.05, 3.63) is 48.0 Å². The van der Waals surface area contributed by atoms with Crippen molar-refractivity contribution >= 4 is 5.91 Å². The van der Waals surface area contributed by atoms with Gasteiger partial charge in [-0.1, -0.05) is 0 Å². The summed E-state index contributed by atoms with van der Waals surface area (Å²) in [5, 5.41) is 7.14. The molecule has 116 valence electrons. The Morgan fingerprint density at radius 1 is 1.41 bits per heavy atom. The molecule has 1 aromatic carbocycles. The van der Waals surface area contributed by atoms with E-state index in [1.165, 1.54) is 12.1 Å². The van der Waals surface area contributed by atoms with Crippen molar-refractivity contribution in [2.75, 3.05) is 6.61 Å². The largest absolute Gasteiger partial charge is 0.376 e. The average molecular weight is 303 g/mol. The van der Waals surface area contributed by atoms with Crippen LogP contribution < -0.4 is 5.32 Å². The summed E-state index contributed by atoms with van der Waals surface area (Å²) in [5.74, 6) is -0.539. The molecule has 0 aliphatic carbocycles. The molecule has 1 aliphatic heterocycles. The second-order valence-electron chi connectivity index (χ2n) is 5.44. The number of hydrogen-bond donors (Lipinski definition) is 1. The van der Waals surface area contributed by atoms with Crippen LogP contribution in [0.4, 0.5) is 4.39 Å². The van der Waals surface area contributed by atoms with Gasteiger partial charge in [0, 0.05) is 12.8 Å². The van der Waals surface area contributed by atoms with Crippen molar-refractivity contribution in [1.29, 1.82) is 0 Å². The average Bonchev–Trinajstić information content (AvgIpc) is 3.20. The highest BCUT2D eigenvalue weighted by atomic mass is 19.1. The van der Waals surface area contributed by atoms with E-state index in [1.54, 1.807) is 29.1 Å². The highest BCUT2D eigenvalue weighted by molar-refractivity contribution is 5.92. The van der Waals surface area contributed by atoms with E-state index < -0.39 is 0 Å². The topological polar surface area (TPSA) is 56.2 Å². The number of ether oxygens (including phenoxy) is 1. The van der Waals surface area contributed by atoms with Crippen LogP contribution in [-0.4, -0.2) is 34.4 Å². The third kappa shape index (κ3) is 3.17. The molecule has 1 aliphatic rings. The maximum atomic E-state index is 12.9. The minimum absolute atomic E-state index is 0.0500. The van der Waals surface area contributed by atoms with E-state index in [0.29, 0.717) is 11.4 Å². The molecule has 22 heavy (non-hydrogen) atoms. The van der Waals surface area contributed by atoms with E-state index in [1.807, 2.05) is 6.92 Å². The first-order chi connectivity index (χ1) is 10.6. The van der Waals surface area contributed by atoms with Crippen LogP contribution in [0, 0.1) is 5.82 Å². The molecule has 2 unspecified atom stereocenters. The first kappa shape index (κ1) is 14.7. The lowest BCUT2D eigenvalue weighted by Gasteiger charge is -2.19. The van der Waals surface area contributed by atoms with E-state index in [0.717, 1.165) is 19.4 Å². The standard InChI is InChI=1S/C16H18FN3O2/c1-11(15-3-2-10-22-15)18-16(21)14-8-9-20(19-14)13-6-4-12(17)5-7-13/h4-9,11,15H,2-3,10H2,1H3,(H,18,21). The molecular formula is C16H18FN3O2. The Kier molecular flexibility index (Phi) is 4.20. The number of benzene rings is 1. The monoisotopic (exact) mass is 303 g/mol. The molecule has 3 rings (SSSR count). The first-order valence-corrected chi connectivity index (χ1v) is 7.37. The summed E-state index contributed by atoms with van der Waals surface area (Å²) < 4.78 is 20.0. The Morgan fingerprint density at radius 3 is 2.86 bits per heavy atom. The molecule has 6 heteroatoms. The number of halogens is 1. The predicted octanol–water partition coefficient (Wildman–Crippen LogP) is 2.31. The van der Waals surface area contributed by atoms with Gasteiger partial charge in [-0.05, 0) is 50.1 Å². The zero-order chi connectivity index (χ0) is 15.5. The second kappa shape index (κ2) is 6.27. The highest BCUT2D eigenvalue weighted by Gasteiger charge is 2.24. The van der Waals surface area contributed by atoms with Crippen molar-refractivity contribution in [2.24, 2.45) is 0 Å². The van der Waals surface area contributed by atoms with Gasteiger partial charge in [-0.15, -0.1) is 0 Å². The van der Waals surface area contributed by atoms with E-state index in [2.05, 4.69) is 10.4 Å². The molecule has 1 N–H and O–H groups in total. The third-order valence-electron chi connectivity index (χ3n) is 3.79. The number of hydrogen-bond acceptors (Lipinski definition) is 3. The molecule has 0 radical (unpaired) electrons. The number of carbonyl (C=O) groups excluding carboxylic acids is 1. The van der Waals surface area contributed by atoms with Crippen LogP contribution in [0.5, 0.6) is 0 Å². The van der Waals surface area contributed by atoms with E-state index in [9.17, 15) is 9.18 Å². The number of nitrogens with zero attached hydrogens (tertiary/aromatic N) is 2. The zero-order valence-electron chi connectivity index (χ0n) is 12.3. The van der Waals surface area contributed by atoms with Crippen molar-refractivity contribution in [3.63, 3.8) is 0 Å². The molecule has 0 bridgehead atoms. The van der Waals surface area contributed by atoms with Gasteiger partial charge in [0.05, 0.1) is 17.8 Å². The van der Waals surface area contributed by atoms with Crippen LogP contribution in [0.2, 0.25) is 0 Å². The summed E-state index contributed by atoms with van der Waals surface area (Å²) in [4.78, 5) is 12.2. The quantitative estimate of drug-likeness (QED) is 0.943. The number of nitrogens with one attached hydrogen (secondary N) is 1. The van der Waals surface area contributed by atoms with Gasteiger partial charge in [0.1, 0.15) is 5.82 Å². The van der Waals surface area contributed by atoms with Gasteiger partial charge in [-0.2, -0.15) is 5.10 Å². The molecular weight excluding hydrogens is 285 g/mol. The molecule has 2 heterocycles. The molecule has 2 aromatic rings. The van der Waals surface area contributed by atoms with Crippen molar-refractivity contribution in [2.45, 2.75) is 31.9 Å². The summed E-state index contributed by atoms with van der Waals surface area (Å²) >= 11 is 0. The first-order valence-electron chi connectivity index (χ1n) is 7.37. The molecule has 1 saturated heterocycles. The predicted molar refractivity (Wildman–Crippen MR) is 79.4 cm³/mol. The normalized spacial score (nSPS) is 19.1. The fourth-order valence-electron chi connectivity index (χ4n) is 2.55. The van der Waals surface area contributed by atoms with Gasteiger partial charge in [0.25, 0.3) is 5.91 Å². The lowest BCUT2D eigenvalue weighted by Crippen LogP contribution is -2.41. The van der Waals surface area contributed by atoms with Gasteiger partial charge in [-0.3, -0.25) is 4.79 Å². The number of carbonyl (C=O) groups is 1. The van der Waals surface area contributed by atoms with Gasteiger partial charge >= 0.3 is 0 Å². The SMILES string of the molecule is CC(NC(=O)c1ccn(-c2ccc(F)cc2)n1)C1CCCO1. The van der Waals surface area contributed by atoms with Gasteiger partial charge in [0.2, 0.25) is 0 Å². The van der Waals surface area contributed by atoms with Crippen molar-refractivity contribution in [3.8, 4) is 5.69 Å².